The number of unbranched alkanes of at least 4 members (excludes halogenated alkanes) is 1. The molecule has 0 amide bonds. The van der Waals surface area contributed by atoms with E-state index >= 15 is 0 Å². The Morgan fingerprint density at radius 2 is 1.14 bits per heavy atom. The minimum atomic E-state index is -0.913. The Morgan fingerprint density at radius 3 is 1.76 bits per heavy atom. The van der Waals surface area contributed by atoms with E-state index in [0.29, 0.717) is 23.1 Å². The molecule has 0 radical (unpaired) electrons. The summed E-state index contributed by atoms with van der Waals surface area (Å²) >= 11 is 0. The first-order valence-corrected chi connectivity index (χ1v) is 12.8. The van der Waals surface area contributed by atoms with Gasteiger partial charge in [0, 0.05) is 16.7 Å². The molecule has 0 N–H and O–H groups in total. The lowest BCUT2D eigenvalue weighted by atomic mass is 9.98. The van der Waals surface area contributed by atoms with E-state index in [-0.39, 0.29) is 16.7 Å². The maximum atomic E-state index is 14.9. The number of hydrogen-bond acceptors (Lipinski definition) is 0. The number of aryl methyl sites for hydroxylation is 2. The van der Waals surface area contributed by atoms with Gasteiger partial charge >= 0.3 is 0 Å². The smallest absolute Gasteiger partial charge is 0.167 e. The van der Waals surface area contributed by atoms with Crippen LogP contribution < -0.4 is 0 Å². The molecule has 190 valence electrons. The molecule has 4 rings (SSSR count). The zero-order valence-corrected chi connectivity index (χ0v) is 21.1. The zero-order chi connectivity index (χ0) is 26.4. The Labute approximate surface area is 216 Å². The number of halogens is 4. The molecule has 0 saturated heterocycles. The second-order valence-corrected chi connectivity index (χ2v) is 9.24. The van der Waals surface area contributed by atoms with Crippen molar-refractivity contribution in [2.75, 3.05) is 0 Å². The normalized spacial score (nSPS) is 11.4. The summed E-state index contributed by atoms with van der Waals surface area (Å²) in [5.41, 5.74) is 3.98. The molecule has 0 aliphatic rings. The summed E-state index contributed by atoms with van der Waals surface area (Å²) in [6, 6.07) is 20.7. The van der Waals surface area contributed by atoms with Gasteiger partial charge in [-0.2, -0.15) is 0 Å². The van der Waals surface area contributed by atoms with E-state index in [2.05, 4.69) is 6.92 Å². The highest BCUT2D eigenvalue weighted by atomic mass is 19.2. The van der Waals surface area contributed by atoms with Crippen LogP contribution in [0.3, 0.4) is 0 Å². The molecular weight excluding hydrogens is 472 g/mol. The monoisotopic (exact) mass is 502 g/mol. The van der Waals surface area contributed by atoms with E-state index < -0.39 is 23.3 Å². The van der Waals surface area contributed by atoms with Crippen LogP contribution in [-0.2, 0) is 12.8 Å². The van der Waals surface area contributed by atoms with Crippen LogP contribution in [0.4, 0.5) is 17.6 Å². The number of rotatable bonds is 9. The van der Waals surface area contributed by atoms with Crippen molar-refractivity contribution in [2.24, 2.45) is 0 Å². The van der Waals surface area contributed by atoms with Crippen LogP contribution in [0.2, 0.25) is 0 Å². The van der Waals surface area contributed by atoms with Gasteiger partial charge in [0.2, 0.25) is 0 Å². The van der Waals surface area contributed by atoms with Crippen molar-refractivity contribution in [3.8, 4) is 22.3 Å². The molecule has 0 atom stereocenters. The van der Waals surface area contributed by atoms with Gasteiger partial charge in [0.25, 0.3) is 0 Å². The van der Waals surface area contributed by atoms with Crippen molar-refractivity contribution in [1.29, 1.82) is 0 Å². The van der Waals surface area contributed by atoms with Crippen LogP contribution in [0.1, 0.15) is 55.4 Å². The highest BCUT2D eigenvalue weighted by Crippen LogP contribution is 2.29. The first kappa shape index (κ1) is 26.4. The predicted molar refractivity (Wildman–Crippen MR) is 145 cm³/mol. The SMILES string of the molecule is CCCCc1ccc(-c2ccc(/C=C/c3ccc(-c4ccc(CCC)cc4)c(F)c3F)cc2)c(F)c1F. The molecule has 0 nitrogen and oxygen atoms in total. The summed E-state index contributed by atoms with van der Waals surface area (Å²) in [7, 11) is 0. The minimum absolute atomic E-state index is 0.128. The molecule has 0 aliphatic carbocycles. The summed E-state index contributed by atoms with van der Waals surface area (Å²) in [4.78, 5) is 0. The lowest BCUT2D eigenvalue weighted by molar-refractivity contribution is 0.499. The average molecular weight is 503 g/mol. The van der Waals surface area contributed by atoms with Crippen molar-refractivity contribution in [3.63, 3.8) is 0 Å². The quantitative estimate of drug-likeness (QED) is 0.158. The first-order valence-electron chi connectivity index (χ1n) is 12.8. The molecule has 37 heavy (non-hydrogen) atoms. The largest absolute Gasteiger partial charge is 0.203 e. The van der Waals surface area contributed by atoms with Crippen molar-refractivity contribution < 1.29 is 17.6 Å². The Kier molecular flexibility index (Phi) is 8.60. The second-order valence-electron chi connectivity index (χ2n) is 9.24. The summed E-state index contributed by atoms with van der Waals surface area (Å²) < 4.78 is 58.8. The fraction of sp³-hybridized carbons (Fsp3) is 0.212. The molecule has 0 aromatic heterocycles. The number of benzene rings is 4. The molecule has 0 fully saturated rings. The lowest BCUT2D eigenvalue weighted by Gasteiger charge is -2.09. The van der Waals surface area contributed by atoms with Gasteiger partial charge in [0.1, 0.15) is 0 Å². The topological polar surface area (TPSA) is 0 Å². The highest BCUT2D eigenvalue weighted by Gasteiger charge is 2.15. The van der Waals surface area contributed by atoms with Crippen LogP contribution in [-0.4, -0.2) is 0 Å². The van der Waals surface area contributed by atoms with Gasteiger partial charge < -0.3 is 0 Å². The molecule has 0 spiro atoms. The van der Waals surface area contributed by atoms with Crippen molar-refractivity contribution in [3.05, 3.63) is 118 Å². The number of hydrogen-bond donors (Lipinski definition) is 0. The van der Waals surface area contributed by atoms with Crippen LogP contribution in [0.25, 0.3) is 34.4 Å². The predicted octanol–water partition coefficient (Wildman–Crippen LogP) is 10.0. The maximum Gasteiger partial charge on any atom is 0.167 e. The molecule has 4 heteroatoms. The third-order valence-corrected chi connectivity index (χ3v) is 6.55. The molecule has 4 aromatic carbocycles. The van der Waals surface area contributed by atoms with E-state index in [1.165, 1.54) is 6.08 Å². The third kappa shape index (κ3) is 6.02. The second kappa shape index (κ2) is 12.1. The Balaban J connectivity index is 1.51. The van der Waals surface area contributed by atoms with Crippen molar-refractivity contribution in [1.82, 2.24) is 0 Å². The molecular formula is C33H30F4. The van der Waals surface area contributed by atoms with Gasteiger partial charge in [-0.25, -0.2) is 17.6 Å². The molecule has 4 aromatic rings. The van der Waals surface area contributed by atoms with Crippen LogP contribution >= 0.6 is 0 Å². The lowest BCUT2D eigenvalue weighted by Crippen LogP contribution is -1.97. The van der Waals surface area contributed by atoms with Crippen molar-refractivity contribution in [2.45, 2.75) is 46.0 Å². The summed E-state index contributed by atoms with van der Waals surface area (Å²) in [6.45, 7) is 4.10. The standard InChI is InChI=1S/C33H30F4/c1-3-5-7-26-18-20-28(32(36)30(26)34)25-15-10-23(11-16-25)12-17-27-19-21-29(33(37)31(27)35)24-13-8-22(6-4-2)9-14-24/h8-21H,3-7H2,1-2H3/b17-12+. The van der Waals surface area contributed by atoms with E-state index in [1.807, 2.05) is 31.2 Å². The van der Waals surface area contributed by atoms with Gasteiger partial charge in [-0.3, -0.25) is 0 Å². The summed E-state index contributed by atoms with van der Waals surface area (Å²) in [6.07, 6.45) is 7.34. The van der Waals surface area contributed by atoms with Gasteiger partial charge in [-0.15, -0.1) is 0 Å². The molecule has 0 bridgehead atoms. The van der Waals surface area contributed by atoms with Crippen LogP contribution in [0.15, 0.2) is 72.8 Å². The fourth-order valence-corrected chi connectivity index (χ4v) is 4.39. The molecule has 0 unspecified atom stereocenters. The van der Waals surface area contributed by atoms with E-state index in [4.69, 9.17) is 0 Å². The first-order chi connectivity index (χ1) is 17.9. The van der Waals surface area contributed by atoms with Crippen LogP contribution in [0, 0.1) is 23.3 Å². The van der Waals surface area contributed by atoms with Gasteiger partial charge in [0.05, 0.1) is 0 Å². The fourth-order valence-electron chi connectivity index (χ4n) is 4.39. The maximum absolute atomic E-state index is 14.9. The van der Waals surface area contributed by atoms with Gasteiger partial charge in [-0.1, -0.05) is 112 Å². The van der Waals surface area contributed by atoms with Gasteiger partial charge in [-0.05, 0) is 47.1 Å². The summed E-state index contributed by atoms with van der Waals surface area (Å²) in [5, 5.41) is 0. The van der Waals surface area contributed by atoms with Crippen molar-refractivity contribution >= 4 is 12.2 Å². The Bertz CT molecular complexity index is 1380. The minimum Gasteiger partial charge on any atom is -0.203 e. The third-order valence-electron chi connectivity index (χ3n) is 6.55. The van der Waals surface area contributed by atoms with E-state index in [0.717, 1.165) is 36.8 Å². The summed E-state index contributed by atoms with van der Waals surface area (Å²) in [5.74, 6) is -3.45. The van der Waals surface area contributed by atoms with E-state index in [9.17, 15) is 17.6 Å². The van der Waals surface area contributed by atoms with Crippen LogP contribution in [0.5, 0.6) is 0 Å². The molecule has 0 heterocycles. The molecule has 0 aliphatic heterocycles. The Hall–Kier alpha value is -3.66. The Morgan fingerprint density at radius 1 is 0.541 bits per heavy atom. The zero-order valence-electron chi connectivity index (χ0n) is 21.1. The van der Waals surface area contributed by atoms with Gasteiger partial charge in [0.15, 0.2) is 23.3 Å². The average Bonchev–Trinajstić information content (AvgIpc) is 2.92. The van der Waals surface area contributed by atoms with E-state index in [1.54, 1.807) is 54.6 Å². The highest BCUT2D eigenvalue weighted by molar-refractivity contribution is 5.74. The molecule has 0 saturated carbocycles.